The largest absolute Gasteiger partial charge is 0.492 e. The van der Waals surface area contributed by atoms with E-state index in [0.29, 0.717) is 22.4 Å². The van der Waals surface area contributed by atoms with Gasteiger partial charge in [0, 0.05) is 11.1 Å². The second-order valence-corrected chi connectivity index (χ2v) is 7.87. The number of hydrogen-bond donors (Lipinski definition) is 1. The van der Waals surface area contributed by atoms with Gasteiger partial charge in [-0.3, -0.25) is 0 Å². The molecule has 0 spiro atoms. The second kappa shape index (κ2) is 9.02. The van der Waals surface area contributed by atoms with E-state index >= 15 is 0 Å². The van der Waals surface area contributed by atoms with Crippen LogP contribution < -0.4 is 19.3 Å². The molecule has 0 amide bonds. The van der Waals surface area contributed by atoms with E-state index in [4.69, 9.17) is 19.3 Å². The molecular weight excluding hydrogens is 402 g/mol. The minimum Gasteiger partial charge on any atom is -0.492 e. The van der Waals surface area contributed by atoms with Crippen LogP contribution in [-0.2, 0) is 10.0 Å². The fraction of sp³-hybridized carbons (Fsp3) is 0.130. The van der Waals surface area contributed by atoms with Crippen LogP contribution in [0, 0.1) is 0 Å². The first kappa shape index (κ1) is 21.4. The molecule has 0 radical (unpaired) electrons. The van der Waals surface area contributed by atoms with Crippen LogP contribution in [0.15, 0.2) is 65.6 Å². The lowest BCUT2D eigenvalue weighted by Crippen LogP contribution is -2.16. The normalized spacial score (nSPS) is 11.5. The minimum atomic E-state index is -4.18. The van der Waals surface area contributed by atoms with Gasteiger partial charge in [0.2, 0.25) is 15.8 Å². The molecule has 0 heterocycles. The maximum atomic E-state index is 12.7. The standard InChI is InChI=1S/C23H23NO5S/c1-27-20-18(15-14-16-10-6-4-7-11-16)19(17-12-8-5-9-13-17)23(30(24,25)26)22(29-3)21(20)28-2/h4-15H,1-3H3,(H2,24,25,26). The molecule has 0 saturated heterocycles. The Balaban J connectivity index is 2.48. The molecule has 2 N–H and O–H groups in total. The molecule has 156 valence electrons. The summed E-state index contributed by atoms with van der Waals surface area (Å²) in [7, 11) is 0.0850. The summed E-state index contributed by atoms with van der Waals surface area (Å²) in [5.74, 6) is 0.483. The molecule has 0 bridgehead atoms. The molecule has 0 unspecified atom stereocenters. The van der Waals surface area contributed by atoms with Crippen LogP contribution >= 0.6 is 0 Å². The summed E-state index contributed by atoms with van der Waals surface area (Å²) in [6, 6.07) is 18.7. The average Bonchev–Trinajstić information content (AvgIpc) is 2.76. The van der Waals surface area contributed by atoms with Gasteiger partial charge in [0.25, 0.3) is 0 Å². The highest BCUT2D eigenvalue weighted by Crippen LogP contribution is 2.51. The van der Waals surface area contributed by atoms with Crippen molar-refractivity contribution in [1.29, 1.82) is 0 Å². The Morgan fingerprint density at radius 3 is 1.77 bits per heavy atom. The van der Waals surface area contributed by atoms with E-state index in [2.05, 4.69) is 0 Å². The molecule has 0 aliphatic rings. The number of sulfonamides is 1. The van der Waals surface area contributed by atoms with E-state index < -0.39 is 10.0 Å². The predicted octanol–water partition coefficient (Wildman–Crippen LogP) is 4.20. The van der Waals surface area contributed by atoms with E-state index in [1.807, 2.05) is 54.6 Å². The Morgan fingerprint density at radius 1 is 0.733 bits per heavy atom. The number of nitrogens with two attached hydrogens (primary N) is 1. The van der Waals surface area contributed by atoms with Crippen molar-refractivity contribution in [2.75, 3.05) is 21.3 Å². The topological polar surface area (TPSA) is 87.9 Å². The lowest BCUT2D eigenvalue weighted by atomic mass is 9.96. The van der Waals surface area contributed by atoms with Crippen LogP contribution in [0.3, 0.4) is 0 Å². The first-order valence-corrected chi connectivity index (χ1v) is 10.6. The molecule has 0 fully saturated rings. The molecule has 0 aliphatic heterocycles. The number of primary sulfonamides is 1. The zero-order valence-corrected chi connectivity index (χ0v) is 17.8. The van der Waals surface area contributed by atoms with Gasteiger partial charge >= 0.3 is 0 Å². The van der Waals surface area contributed by atoms with Crippen molar-refractivity contribution in [1.82, 2.24) is 0 Å². The summed E-state index contributed by atoms with van der Waals surface area (Å²) in [6.07, 6.45) is 3.65. The highest BCUT2D eigenvalue weighted by Gasteiger charge is 2.31. The Hall–Kier alpha value is -3.29. The van der Waals surface area contributed by atoms with Crippen molar-refractivity contribution in [3.05, 3.63) is 71.8 Å². The van der Waals surface area contributed by atoms with Gasteiger partial charge in [-0.2, -0.15) is 0 Å². The van der Waals surface area contributed by atoms with E-state index in [1.54, 1.807) is 18.2 Å². The smallest absolute Gasteiger partial charge is 0.242 e. The van der Waals surface area contributed by atoms with Gasteiger partial charge in [0.05, 0.1) is 21.3 Å². The van der Waals surface area contributed by atoms with Gasteiger partial charge in [-0.05, 0) is 17.2 Å². The van der Waals surface area contributed by atoms with Crippen LogP contribution in [0.25, 0.3) is 23.3 Å². The van der Waals surface area contributed by atoms with Crippen molar-refractivity contribution >= 4 is 22.2 Å². The van der Waals surface area contributed by atoms with Gasteiger partial charge in [-0.15, -0.1) is 0 Å². The maximum absolute atomic E-state index is 12.7. The molecular formula is C23H23NO5S. The predicted molar refractivity (Wildman–Crippen MR) is 118 cm³/mol. The molecule has 3 rings (SSSR count). The van der Waals surface area contributed by atoms with E-state index in [1.165, 1.54) is 21.3 Å². The Morgan fingerprint density at radius 2 is 1.27 bits per heavy atom. The van der Waals surface area contributed by atoms with Crippen LogP contribution in [0.4, 0.5) is 0 Å². The molecule has 7 heteroatoms. The quantitative estimate of drug-likeness (QED) is 0.573. The molecule has 0 saturated carbocycles. The number of methoxy groups -OCH3 is 3. The number of rotatable bonds is 7. The summed E-state index contributed by atoms with van der Waals surface area (Å²) < 4.78 is 41.9. The number of benzene rings is 3. The van der Waals surface area contributed by atoms with Crippen LogP contribution in [-0.4, -0.2) is 29.7 Å². The summed E-state index contributed by atoms with van der Waals surface area (Å²) in [6.45, 7) is 0. The van der Waals surface area contributed by atoms with E-state index in [-0.39, 0.29) is 16.4 Å². The molecule has 0 aliphatic carbocycles. The zero-order chi connectivity index (χ0) is 21.7. The third kappa shape index (κ3) is 4.17. The third-order valence-corrected chi connectivity index (χ3v) is 5.52. The zero-order valence-electron chi connectivity index (χ0n) is 17.0. The summed E-state index contributed by atoms with van der Waals surface area (Å²) in [5, 5.41) is 5.63. The Labute approximate surface area is 176 Å². The molecule has 6 nitrogen and oxygen atoms in total. The van der Waals surface area contributed by atoms with Crippen LogP contribution in [0.5, 0.6) is 17.2 Å². The number of hydrogen-bond acceptors (Lipinski definition) is 5. The SMILES string of the molecule is COc1c(C=Cc2ccccc2)c(-c2ccccc2)c(S(N)(=O)=O)c(OC)c1OC. The van der Waals surface area contributed by atoms with Crippen molar-refractivity contribution in [2.24, 2.45) is 5.14 Å². The fourth-order valence-corrected chi connectivity index (χ4v) is 4.26. The van der Waals surface area contributed by atoms with Gasteiger partial charge in [-0.1, -0.05) is 66.7 Å². The Kier molecular flexibility index (Phi) is 6.44. The van der Waals surface area contributed by atoms with Crippen LogP contribution in [0.2, 0.25) is 0 Å². The third-order valence-electron chi connectivity index (χ3n) is 4.56. The fourth-order valence-electron chi connectivity index (χ4n) is 3.32. The van der Waals surface area contributed by atoms with Gasteiger partial charge < -0.3 is 14.2 Å². The second-order valence-electron chi connectivity index (χ2n) is 6.37. The molecule has 0 aromatic heterocycles. The summed E-state index contributed by atoms with van der Waals surface area (Å²) in [5.41, 5.74) is 2.47. The van der Waals surface area contributed by atoms with E-state index in [0.717, 1.165) is 5.56 Å². The molecule has 0 atom stereocenters. The van der Waals surface area contributed by atoms with Crippen molar-refractivity contribution < 1.29 is 22.6 Å². The van der Waals surface area contributed by atoms with Gasteiger partial charge in [0.15, 0.2) is 11.5 Å². The summed E-state index contributed by atoms with van der Waals surface area (Å²) >= 11 is 0. The minimum absolute atomic E-state index is 0.00689. The monoisotopic (exact) mass is 425 g/mol. The van der Waals surface area contributed by atoms with E-state index in [9.17, 15) is 8.42 Å². The average molecular weight is 426 g/mol. The van der Waals surface area contributed by atoms with Crippen molar-refractivity contribution in [3.63, 3.8) is 0 Å². The Bertz CT molecular complexity index is 1160. The van der Waals surface area contributed by atoms with Crippen molar-refractivity contribution in [3.8, 4) is 28.4 Å². The maximum Gasteiger partial charge on any atom is 0.242 e. The first-order chi connectivity index (χ1) is 14.4. The summed E-state index contributed by atoms with van der Waals surface area (Å²) in [4.78, 5) is -0.165. The number of ether oxygens (including phenoxy) is 3. The molecule has 3 aromatic rings. The van der Waals surface area contributed by atoms with Crippen LogP contribution in [0.1, 0.15) is 11.1 Å². The van der Waals surface area contributed by atoms with Crippen molar-refractivity contribution in [2.45, 2.75) is 4.90 Å². The molecule has 3 aromatic carbocycles. The highest BCUT2D eigenvalue weighted by molar-refractivity contribution is 7.89. The lowest BCUT2D eigenvalue weighted by molar-refractivity contribution is 0.318. The van der Waals surface area contributed by atoms with Gasteiger partial charge in [0.1, 0.15) is 4.90 Å². The highest BCUT2D eigenvalue weighted by atomic mass is 32.2. The lowest BCUT2D eigenvalue weighted by Gasteiger charge is -2.22. The van der Waals surface area contributed by atoms with Gasteiger partial charge in [-0.25, -0.2) is 13.6 Å². The first-order valence-electron chi connectivity index (χ1n) is 9.09. The molecule has 30 heavy (non-hydrogen) atoms.